The van der Waals surface area contributed by atoms with Gasteiger partial charge in [-0.25, -0.2) is 14.4 Å². The van der Waals surface area contributed by atoms with Crippen molar-refractivity contribution in [3.8, 4) is 0 Å². The Labute approximate surface area is 145 Å². The molecule has 24 heavy (non-hydrogen) atoms. The van der Waals surface area contributed by atoms with Gasteiger partial charge in [-0.05, 0) is 43.5 Å². The molecule has 1 atom stereocenters. The highest BCUT2D eigenvalue weighted by Gasteiger charge is 2.39. The minimum absolute atomic E-state index is 0.0270. The summed E-state index contributed by atoms with van der Waals surface area (Å²) >= 11 is 1.34. The van der Waals surface area contributed by atoms with Crippen molar-refractivity contribution < 1.29 is 9.18 Å². The van der Waals surface area contributed by atoms with Crippen LogP contribution in [0.5, 0.6) is 0 Å². The van der Waals surface area contributed by atoms with Crippen LogP contribution in [0.15, 0.2) is 47.9 Å². The van der Waals surface area contributed by atoms with Gasteiger partial charge in [0.2, 0.25) is 5.91 Å². The van der Waals surface area contributed by atoms with Gasteiger partial charge in [0, 0.05) is 24.4 Å². The van der Waals surface area contributed by atoms with E-state index < -0.39 is 0 Å². The highest BCUT2D eigenvalue weighted by atomic mass is 32.2. The lowest BCUT2D eigenvalue weighted by molar-refractivity contribution is -0.120. The zero-order valence-corrected chi connectivity index (χ0v) is 14.4. The first-order valence-corrected chi connectivity index (χ1v) is 8.94. The van der Waals surface area contributed by atoms with E-state index in [2.05, 4.69) is 15.3 Å². The maximum Gasteiger partial charge on any atom is 0.233 e. The van der Waals surface area contributed by atoms with E-state index in [1.54, 1.807) is 18.5 Å². The number of rotatable bonds is 6. The Balaban J connectivity index is 1.59. The van der Waals surface area contributed by atoms with Crippen LogP contribution in [-0.2, 0) is 10.2 Å². The minimum Gasteiger partial charge on any atom is -0.354 e. The number of carbonyl (C=O) groups is 1. The minimum atomic E-state index is -0.266. The second-order valence-corrected chi connectivity index (χ2v) is 7.46. The fraction of sp³-hybridized carbons (Fsp3) is 0.389. The average molecular weight is 345 g/mol. The maximum absolute atomic E-state index is 13.1. The molecule has 0 aliphatic heterocycles. The second kappa shape index (κ2) is 7.30. The van der Waals surface area contributed by atoms with Crippen LogP contribution in [-0.4, -0.2) is 27.7 Å². The van der Waals surface area contributed by atoms with E-state index in [1.165, 1.54) is 23.9 Å². The van der Waals surface area contributed by atoms with E-state index in [0.717, 1.165) is 24.8 Å². The van der Waals surface area contributed by atoms with Crippen LogP contribution in [0, 0.1) is 5.82 Å². The lowest BCUT2D eigenvalue weighted by atomic mass is 9.64. The smallest absolute Gasteiger partial charge is 0.233 e. The number of benzene rings is 1. The van der Waals surface area contributed by atoms with Gasteiger partial charge in [0.25, 0.3) is 0 Å². The standard InChI is InChI=1S/C18H20FN3OS/c1-13(24-17-20-10-3-11-21-17)16(23)22-12-18(8-2-9-18)14-4-6-15(19)7-5-14/h3-7,10-11,13H,2,8-9,12H2,1H3,(H,22,23)/t13-/m1/s1. The van der Waals surface area contributed by atoms with Crippen molar-refractivity contribution in [1.29, 1.82) is 0 Å². The van der Waals surface area contributed by atoms with Gasteiger partial charge in [-0.2, -0.15) is 0 Å². The molecule has 4 nitrogen and oxygen atoms in total. The van der Waals surface area contributed by atoms with Crippen molar-refractivity contribution in [3.63, 3.8) is 0 Å². The Hall–Kier alpha value is -1.95. The predicted molar refractivity (Wildman–Crippen MR) is 92.3 cm³/mol. The number of hydrogen-bond donors (Lipinski definition) is 1. The lowest BCUT2D eigenvalue weighted by Crippen LogP contribution is -2.47. The molecule has 0 unspecified atom stereocenters. The van der Waals surface area contributed by atoms with Crippen molar-refractivity contribution in [2.45, 2.75) is 42.0 Å². The van der Waals surface area contributed by atoms with E-state index in [9.17, 15) is 9.18 Å². The first kappa shape index (κ1) is 16.9. The third kappa shape index (κ3) is 3.75. The van der Waals surface area contributed by atoms with Gasteiger partial charge in [0.15, 0.2) is 5.16 Å². The van der Waals surface area contributed by atoms with Gasteiger partial charge in [0.05, 0.1) is 5.25 Å². The molecule has 1 saturated carbocycles. The van der Waals surface area contributed by atoms with Crippen LogP contribution in [0.1, 0.15) is 31.7 Å². The zero-order chi connectivity index (χ0) is 17.0. The van der Waals surface area contributed by atoms with Crippen molar-refractivity contribution in [2.24, 2.45) is 0 Å². The Morgan fingerprint density at radius 3 is 2.54 bits per heavy atom. The number of hydrogen-bond acceptors (Lipinski definition) is 4. The molecule has 1 aromatic carbocycles. The molecular weight excluding hydrogens is 325 g/mol. The fourth-order valence-corrected chi connectivity index (χ4v) is 3.68. The third-order valence-corrected chi connectivity index (χ3v) is 5.55. The topological polar surface area (TPSA) is 54.9 Å². The summed E-state index contributed by atoms with van der Waals surface area (Å²) in [4.78, 5) is 20.6. The summed E-state index contributed by atoms with van der Waals surface area (Å²) in [7, 11) is 0. The maximum atomic E-state index is 13.1. The number of halogens is 1. The molecule has 0 bridgehead atoms. The van der Waals surface area contributed by atoms with Crippen LogP contribution < -0.4 is 5.32 Å². The monoisotopic (exact) mass is 345 g/mol. The normalized spacial score (nSPS) is 16.9. The number of nitrogens with zero attached hydrogens (tertiary/aromatic N) is 2. The largest absolute Gasteiger partial charge is 0.354 e. The Kier molecular flexibility index (Phi) is 5.14. The Morgan fingerprint density at radius 1 is 1.29 bits per heavy atom. The number of carbonyl (C=O) groups excluding carboxylic acids is 1. The zero-order valence-electron chi connectivity index (χ0n) is 13.5. The molecule has 6 heteroatoms. The first-order chi connectivity index (χ1) is 11.6. The van der Waals surface area contributed by atoms with Gasteiger partial charge >= 0.3 is 0 Å². The van der Waals surface area contributed by atoms with Gasteiger partial charge in [-0.3, -0.25) is 4.79 Å². The summed E-state index contributed by atoms with van der Waals surface area (Å²) in [6.45, 7) is 2.43. The quantitative estimate of drug-likeness (QED) is 0.644. The molecule has 1 heterocycles. The van der Waals surface area contributed by atoms with E-state index in [1.807, 2.05) is 19.1 Å². The molecule has 2 aromatic rings. The molecule has 1 aromatic heterocycles. The lowest BCUT2D eigenvalue weighted by Gasteiger charge is -2.42. The first-order valence-electron chi connectivity index (χ1n) is 8.06. The SMILES string of the molecule is C[C@@H](Sc1ncccn1)C(=O)NCC1(c2ccc(F)cc2)CCC1. The molecule has 0 saturated heterocycles. The van der Waals surface area contributed by atoms with Crippen LogP contribution in [0.3, 0.4) is 0 Å². The van der Waals surface area contributed by atoms with Crippen LogP contribution in [0.25, 0.3) is 0 Å². The molecule has 0 spiro atoms. The van der Waals surface area contributed by atoms with E-state index in [-0.39, 0.29) is 22.4 Å². The summed E-state index contributed by atoms with van der Waals surface area (Å²) < 4.78 is 13.1. The molecule has 1 N–H and O–H groups in total. The van der Waals surface area contributed by atoms with Crippen molar-refractivity contribution in [1.82, 2.24) is 15.3 Å². The van der Waals surface area contributed by atoms with Crippen LogP contribution in [0.4, 0.5) is 4.39 Å². The fourth-order valence-electron chi connectivity index (χ4n) is 2.93. The average Bonchev–Trinajstić information content (AvgIpc) is 2.56. The van der Waals surface area contributed by atoms with E-state index >= 15 is 0 Å². The van der Waals surface area contributed by atoms with Crippen molar-refractivity contribution in [3.05, 3.63) is 54.1 Å². The second-order valence-electron chi connectivity index (χ2n) is 6.15. The van der Waals surface area contributed by atoms with Gasteiger partial charge in [-0.15, -0.1) is 0 Å². The van der Waals surface area contributed by atoms with E-state index in [4.69, 9.17) is 0 Å². The molecule has 1 aliphatic rings. The highest BCUT2D eigenvalue weighted by Crippen LogP contribution is 2.43. The molecule has 126 valence electrons. The Bertz CT molecular complexity index is 689. The molecule has 1 amide bonds. The van der Waals surface area contributed by atoms with Crippen LogP contribution >= 0.6 is 11.8 Å². The van der Waals surface area contributed by atoms with Crippen LogP contribution in [0.2, 0.25) is 0 Å². The van der Waals surface area contributed by atoms with Crippen molar-refractivity contribution >= 4 is 17.7 Å². The van der Waals surface area contributed by atoms with Gasteiger partial charge in [-0.1, -0.05) is 30.3 Å². The summed E-state index contributed by atoms with van der Waals surface area (Å²) in [6.07, 6.45) is 6.50. The number of nitrogens with one attached hydrogen (secondary N) is 1. The summed E-state index contributed by atoms with van der Waals surface area (Å²) in [5, 5.41) is 3.38. The van der Waals surface area contributed by atoms with Crippen molar-refractivity contribution in [2.75, 3.05) is 6.54 Å². The summed E-state index contributed by atoms with van der Waals surface area (Å²) in [6, 6.07) is 8.38. The van der Waals surface area contributed by atoms with Gasteiger partial charge in [0.1, 0.15) is 5.82 Å². The molecule has 0 radical (unpaired) electrons. The number of amides is 1. The molecule has 1 fully saturated rings. The predicted octanol–water partition coefficient (Wildman–Crippen LogP) is 3.33. The molecule has 3 rings (SSSR count). The summed E-state index contributed by atoms with van der Waals surface area (Å²) in [5.74, 6) is -0.258. The number of aromatic nitrogens is 2. The van der Waals surface area contributed by atoms with Gasteiger partial charge < -0.3 is 5.32 Å². The summed E-state index contributed by atoms with van der Waals surface area (Å²) in [5.41, 5.74) is 1.04. The Morgan fingerprint density at radius 2 is 1.96 bits per heavy atom. The third-order valence-electron chi connectivity index (χ3n) is 4.56. The molecule has 1 aliphatic carbocycles. The van der Waals surface area contributed by atoms with E-state index in [0.29, 0.717) is 11.7 Å². The number of thioether (sulfide) groups is 1. The highest BCUT2D eigenvalue weighted by molar-refractivity contribution is 8.00. The molecular formula is C18H20FN3OS.